The quantitative estimate of drug-likeness (QED) is 0.225. The van der Waals surface area contributed by atoms with Crippen molar-refractivity contribution >= 4 is 51.0 Å². The molecule has 4 aliphatic rings. The second-order valence-electron chi connectivity index (χ2n) is 14.5. The first-order valence-corrected chi connectivity index (χ1v) is 18.2. The summed E-state index contributed by atoms with van der Waals surface area (Å²) in [6.45, 7) is 7.29. The molecule has 0 bridgehead atoms. The fourth-order valence-corrected chi connectivity index (χ4v) is 8.54. The molecule has 0 atom stereocenters. The van der Waals surface area contributed by atoms with Crippen LogP contribution in [0.2, 0.25) is 0 Å². The maximum absolute atomic E-state index is 13.1. The Kier molecular flexibility index (Phi) is 7.95. The maximum atomic E-state index is 13.1. The number of benzene rings is 2. The van der Waals surface area contributed by atoms with Gasteiger partial charge in [0.05, 0.1) is 12.1 Å². The standard InChI is InChI=1S/C40H42N8O3/c1-43-35-11-14-41-24-34(35)33-8-5-28(22-36(33)43)29-6-10-37(42-23-29)46-15-12-27(13-16-46)25-44-17-19-45(20-18-44)31-7-9-32-30(21-31)26-47(40(32)51)48-38(49)3-2-4-39(48)50/h5-11,14,21-24,27H,2-4,12-13,15-20,25-26H2,1H3. The number of aromatic nitrogens is 3. The molecule has 3 amide bonds. The van der Waals surface area contributed by atoms with Crippen molar-refractivity contribution in [1.29, 1.82) is 0 Å². The van der Waals surface area contributed by atoms with E-state index < -0.39 is 0 Å². The molecular weight excluding hydrogens is 640 g/mol. The first-order chi connectivity index (χ1) is 24.9. The molecular formula is C40H42N8O3. The number of hydrogen-bond acceptors (Lipinski definition) is 8. The SMILES string of the molecule is Cn1c2ccncc2c2ccc(-c3ccc(N4CCC(CN5CCN(c6ccc7c(c6)CN(N6C(=O)CCCC6=O)C7=O)CC5)CC4)nc3)cc21. The van der Waals surface area contributed by atoms with Crippen LogP contribution in [0.4, 0.5) is 11.5 Å². The van der Waals surface area contributed by atoms with Crippen LogP contribution in [0.15, 0.2) is 73.2 Å². The highest BCUT2D eigenvalue weighted by atomic mass is 16.2. The number of carbonyl (C=O) groups excluding carboxylic acids is 3. The van der Waals surface area contributed by atoms with Crippen LogP contribution in [0, 0.1) is 5.92 Å². The van der Waals surface area contributed by atoms with Crippen LogP contribution in [-0.4, -0.2) is 93.0 Å². The average molecular weight is 683 g/mol. The van der Waals surface area contributed by atoms with Gasteiger partial charge < -0.3 is 14.4 Å². The number of pyridine rings is 2. The molecule has 4 aliphatic heterocycles. The number of anilines is 2. The zero-order valence-electron chi connectivity index (χ0n) is 29.0. The lowest BCUT2D eigenvalue weighted by Crippen LogP contribution is -2.51. The Bertz CT molecular complexity index is 2150. The lowest BCUT2D eigenvalue weighted by molar-refractivity contribution is -0.163. The molecule has 2 aromatic carbocycles. The van der Waals surface area contributed by atoms with Gasteiger partial charge in [-0.25, -0.2) is 9.99 Å². The summed E-state index contributed by atoms with van der Waals surface area (Å²) in [4.78, 5) is 54.7. The van der Waals surface area contributed by atoms with Gasteiger partial charge in [-0.1, -0.05) is 12.1 Å². The van der Waals surface area contributed by atoms with E-state index in [-0.39, 0.29) is 24.3 Å². The summed E-state index contributed by atoms with van der Waals surface area (Å²) in [5, 5.41) is 4.81. The fourth-order valence-electron chi connectivity index (χ4n) is 8.54. The van der Waals surface area contributed by atoms with Crippen LogP contribution in [0.3, 0.4) is 0 Å². The molecule has 260 valence electrons. The molecule has 3 saturated heterocycles. The topological polar surface area (TPSA) is 98.1 Å². The Morgan fingerprint density at radius 3 is 2.29 bits per heavy atom. The molecule has 0 spiro atoms. The molecule has 11 heteroatoms. The Morgan fingerprint density at radius 1 is 0.745 bits per heavy atom. The third-order valence-corrected chi connectivity index (χ3v) is 11.5. The number of hydrazine groups is 1. The van der Waals surface area contributed by atoms with Crippen molar-refractivity contribution < 1.29 is 14.4 Å². The second kappa shape index (κ2) is 12.8. The predicted octanol–water partition coefficient (Wildman–Crippen LogP) is 5.24. The predicted molar refractivity (Wildman–Crippen MR) is 197 cm³/mol. The number of carbonyl (C=O) groups is 3. The molecule has 0 unspecified atom stereocenters. The van der Waals surface area contributed by atoms with Crippen LogP contribution in [0.1, 0.15) is 48.0 Å². The normalized spacial score (nSPS) is 19.2. The third-order valence-electron chi connectivity index (χ3n) is 11.5. The van der Waals surface area contributed by atoms with E-state index >= 15 is 0 Å². The van der Waals surface area contributed by atoms with Crippen molar-refractivity contribution in [2.45, 2.75) is 38.6 Å². The van der Waals surface area contributed by atoms with E-state index in [1.165, 1.54) is 32.4 Å². The molecule has 11 nitrogen and oxygen atoms in total. The first-order valence-electron chi connectivity index (χ1n) is 18.2. The lowest BCUT2D eigenvalue weighted by Gasteiger charge is -2.40. The first kappa shape index (κ1) is 31.7. The number of nitrogens with zero attached hydrogens (tertiary/aromatic N) is 8. The molecule has 51 heavy (non-hydrogen) atoms. The van der Waals surface area contributed by atoms with Crippen LogP contribution in [-0.2, 0) is 23.2 Å². The average Bonchev–Trinajstić information content (AvgIpc) is 3.64. The molecule has 7 heterocycles. The van der Waals surface area contributed by atoms with Crippen molar-refractivity contribution in [3.05, 3.63) is 84.3 Å². The van der Waals surface area contributed by atoms with E-state index in [0.29, 0.717) is 30.7 Å². The number of rotatable bonds is 6. The smallest absolute Gasteiger partial charge is 0.273 e. The molecule has 3 aromatic heterocycles. The number of amides is 3. The van der Waals surface area contributed by atoms with Gasteiger partial charge in [-0.05, 0) is 78.8 Å². The van der Waals surface area contributed by atoms with Gasteiger partial charge in [-0.15, -0.1) is 0 Å². The van der Waals surface area contributed by atoms with Crippen LogP contribution in [0.5, 0.6) is 0 Å². The Labute approximate surface area is 297 Å². The van der Waals surface area contributed by atoms with Crippen LogP contribution in [0.25, 0.3) is 32.9 Å². The number of fused-ring (bicyclic) bond motifs is 4. The molecule has 0 saturated carbocycles. The van der Waals surface area contributed by atoms with E-state index in [1.807, 2.05) is 30.7 Å². The summed E-state index contributed by atoms with van der Waals surface area (Å²) in [6.07, 6.45) is 9.28. The van der Waals surface area contributed by atoms with E-state index in [9.17, 15) is 14.4 Å². The largest absolute Gasteiger partial charge is 0.369 e. The fraction of sp³-hybridized carbons (Fsp3) is 0.375. The van der Waals surface area contributed by atoms with Crippen LogP contribution < -0.4 is 9.80 Å². The molecule has 0 radical (unpaired) electrons. The van der Waals surface area contributed by atoms with Crippen molar-refractivity contribution in [3.63, 3.8) is 0 Å². The van der Waals surface area contributed by atoms with E-state index in [4.69, 9.17) is 4.98 Å². The Morgan fingerprint density at radius 2 is 1.53 bits per heavy atom. The summed E-state index contributed by atoms with van der Waals surface area (Å²) >= 11 is 0. The number of piperidine rings is 2. The van der Waals surface area contributed by atoms with Gasteiger partial charge in [0, 0.05) is 117 Å². The van der Waals surface area contributed by atoms with Crippen LogP contribution >= 0.6 is 0 Å². The molecule has 9 rings (SSSR count). The maximum Gasteiger partial charge on any atom is 0.273 e. The van der Waals surface area contributed by atoms with Crippen molar-refractivity contribution in [2.24, 2.45) is 13.0 Å². The zero-order chi connectivity index (χ0) is 34.6. The molecule has 3 fully saturated rings. The minimum absolute atomic E-state index is 0.262. The summed E-state index contributed by atoms with van der Waals surface area (Å²) < 4.78 is 2.24. The summed E-state index contributed by atoms with van der Waals surface area (Å²) in [5.74, 6) is 0.884. The molecule has 5 aromatic rings. The Hall–Kier alpha value is -5.29. The highest BCUT2D eigenvalue weighted by molar-refractivity contribution is 6.08. The zero-order valence-corrected chi connectivity index (χ0v) is 29.0. The van der Waals surface area contributed by atoms with Gasteiger partial charge in [-0.3, -0.25) is 24.3 Å². The lowest BCUT2D eigenvalue weighted by atomic mass is 9.95. The monoisotopic (exact) mass is 682 g/mol. The van der Waals surface area contributed by atoms with Gasteiger partial charge in [0.2, 0.25) is 11.8 Å². The summed E-state index contributed by atoms with van der Waals surface area (Å²) in [7, 11) is 2.11. The minimum atomic E-state index is -0.287. The van der Waals surface area contributed by atoms with Gasteiger partial charge in [-0.2, -0.15) is 5.01 Å². The van der Waals surface area contributed by atoms with E-state index in [1.54, 1.807) is 0 Å². The summed E-state index contributed by atoms with van der Waals surface area (Å²) in [5.41, 5.74) is 7.23. The number of hydrogen-bond donors (Lipinski definition) is 0. The number of aryl methyl sites for hydroxylation is 1. The van der Waals surface area contributed by atoms with Crippen molar-refractivity contribution in [1.82, 2.24) is 29.5 Å². The molecule has 0 N–H and O–H groups in total. The second-order valence-corrected chi connectivity index (χ2v) is 14.5. The number of imide groups is 1. The third kappa shape index (κ3) is 5.69. The highest BCUT2D eigenvalue weighted by Crippen LogP contribution is 2.33. The van der Waals surface area contributed by atoms with Gasteiger partial charge >= 0.3 is 0 Å². The van der Waals surface area contributed by atoms with Crippen molar-refractivity contribution in [3.8, 4) is 11.1 Å². The summed E-state index contributed by atoms with van der Waals surface area (Å²) in [6, 6.07) is 19.0. The number of piperazine rings is 1. The van der Waals surface area contributed by atoms with E-state index in [0.717, 1.165) is 86.3 Å². The minimum Gasteiger partial charge on any atom is -0.369 e. The van der Waals surface area contributed by atoms with Gasteiger partial charge in [0.15, 0.2) is 0 Å². The highest BCUT2D eigenvalue weighted by Gasteiger charge is 2.39. The van der Waals surface area contributed by atoms with Gasteiger partial charge in [0.25, 0.3) is 5.91 Å². The van der Waals surface area contributed by atoms with E-state index in [2.05, 4.69) is 73.8 Å². The van der Waals surface area contributed by atoms with Gasteiger partial charge in [0.1, 0.15) is 5.82 Å². The molecule has 0 aliphatic carbocycles. The Balaban J connectivity index is 0.770. The van der Waals surface area contributed by atoms with Crippen molar-refractivity contribution in [2.75, 3.05) is 55.6 Å².